The van der Waals surface area contributed by atoms with E-state index in [-0.39, 0.29) is 0 Å². The zero-order valence-electron chi connectivity index (χ0n) is 15.6. The van der Waals surface area contributed by atoms with Crippen molar-refractivity contribution in [1.82, 2.24) is 9.13 Å². The van der Waals surface area contributed by atoms with E-state index < -0.39 is 0 Å². The topological polar surface area (TPSA) is 9.86 Å². The number of para-hydroxylation sites is 2. The van der Waals surface area contributed by atoms with Crippen LogP contribution in [0.3, 0.4) is 0 Å². The van der Waals surface area contributed by atoms with Gasteiger partial charge in [-0.3, -0.25) is 0 Å². The molecule has 0 aliphatic rings. The largest absolute Gasteiger partial charge is 0.316 e. The average molecular weight is 437 g/mol. The summed E-state index contributed by atoms with van der Waals surface area (Å²) in [6.07, 6.45) is 2.17. The molecule has 4 aromatic carbocycles. The van der Waals surface area contributed by atoms with Gasteiger partial charge < -0.3 is 9.13 Å². The molecule has 29 heavy (non-hydrogen) atoms. The Morgan fingerprint density at radius 3 is 2.07 bits per heavy atom. The maximum atomic E-state index is 3.69. The third-order valence-electron chi connectivity index (χ3n) is 5.59. The van der Waals surface area contributed by atoms with E-state index in [1.165, 1.54) is 44.1 Å². The van der Waals surface area contributed by atoms with Crippen molar-refractivity contribution in [2.24, 2.45) is 0 Å². The Hall–Kier alpha value is -3.30. The lowest BCUT2D eigenvalue weighted by Gasteiger charge is -2.09. The van der Waals surface area contributed by atoms with Crippen molar-refractivity contribution < 1.29 is 0 Å². The molecule has 0 radical (unpaired) electrons. The van der Waals surface area contributed by atoms with Crippen LogP contribution in [0.2, 0.25) is 0 Å². The van der Waals surface area contributed by atoms with E-state index in [1.54, 1.807) is 0 Å². The minimum absolute atomic E-state index is 1.09. The van der Waals surface area contributed by atoms with Gasteiger partial charge in [-0.25, -0.2) is 0 Å². The van der Waals surface area contributed by atoms with Crippen LogP contribution in [0.5, 0.6) is 0 Å². The Balaban J connectivity index is 1.84. The number of fused-ring (bicyclic) bond motifs is 5. The molecule has 0 amide bonds. The molecule has 6 aromatic rings. The molecular formula is C26H17BrN2. The van der Waals surface area contributed by atoms with E-state index in [0.717, 1.165) is 4.47 Å². The highest BCUT2D eigenvalue weighted by Crippen LogP contribution is 2.39. The van der Waals surface area contributed by atoms with Gasteiger partial charge in [0.05, 0.1) is 16.6 Å². The molecule has 0 spiro atoms. The predicted molar refractivity (Wildman–Crippen MR) is 125 cm³/mol. The van der Waals surface area contributed by atoms with Crippen LogP contribution in [0, 0.1) is 0 Å². The summed E-state index contributed by atoms with van der Waals surface area (Å²) in [6.45, 7) is 0. The van der Waals surface area contributed by atoms with Crippen molar-refractivity contribution in [3.05, 3.63) is 108 Å². The van der Waals surface area contributed by atoms with Crippen LogP contribution >= 0.6 is 15.9 Å². The number of benzene rings is 4. The van der Waals surface area contributed by atoms with E-state index in [4.69, 9.17) is 0 Å². The third kappa shape index (κ3) is 2.48. The fraction of sp³-hybridized carbons (Fsp3) is 0. The summed E-state index contributed by atoms with van der Waals surface area (Å²) < 4.78 is 5.75. The van der Waals surface area contributed by atoms with Gasteiger partial charge in [0.1, 0.15) is 0 Å². The van der Waals surface area contributed by atoms with E-state index in [0.29, 0.717) is 0 Å². The van der Waals surface area contributed by atoms with Crippen LogP contribution in [-0.4, -0.2) is 9.13 Å². The number of halogens is 1. The second kappa shape index (κ2) is 6.36. The Labute approximate surface area is 176 Å². The van der Waals surface area contributed by atoms with E-state index in [9.17, 15) is 0 Å². The Bertz CT molecular complexity index is 1490. The first-order valence-corrected chi connectivity index (χ1v) is 10.5. The lowest BCUT2D eigenvalue weighted by molar-refractivity contribution is 1.13. The molecule has 0 aliphatic carbocycles. The minimum atomic E-state index is 1.09. The van der Waals surface area contributed by atoms with Gasteiger partial charge in [0.15, 0.2) is 0 Å². The third-order valence-corrected chi connectivity index (χ3v) is 6.08. The van der Waals surface area contributed by atoms with Crippen LogP contribution < -0.4 is 0 Å². The van der Waals surface area contributed by atoms with E-state index in [2.05, 4.69) is 128 Å². The summed E-state index contributed by atoms with van der Waals surface area (Å²) in [7, 11) is 0. The lowest BCUT2D eigenvalue weighted by atomic mass is 10.1. The first-order chi connectivity index (χ1) is 14.3. The van der Waals surface area contributed by atoms with Crippen molar-refractivity contribution in [2.75, 3.05) is 0 Å². The molecular weight excluding hydrogens is 420 g/mol. The fourth-order valence-corrected chi connectivity index (χ4v) is 4.73. The molecule has 138 valence electrons. The molecule has 0 unspecified atom stereocenters. The summed E-state index contributed by atoms with van der Waals surface area (Å²) in [5.41, 5.74) is 6.01. The standard InChI is InChI=1S/C26H17BrN2/c27-19-12-14-23-22(17-19)25-24(29(23)21-9-5-2-6-10-21)13-11-18-15-16-28(26(18)25)20-7-3-1-4-8-20/h1-17H. The van der Waals surface area contributed by atoms with Gasteiger partial charge in [0, 0.05) is 38.2 Å². The summed E-state index contributed by atoms with van der Waals surface area (Å²) >= 11 is 3.69. The average Bonchev–Trinajstić information content (AvgIpc) is 3.33. The lowest BCUT2D eigenvalue weighted by Crippen LogP contribution is -1.94. The van der Waals surface area contributed by atoms with Gasteiger partial charge in [-0.1, -0.05) is 58.4 Å². The second-order valence-corrected chi connectivity index (χ2v) is 8.17. The Morgan fingerprint density at radius 1 is 0.621 bits per heavy atom. The zero-order chi connectivity index (χ0) is 19.4. The second-order valence-electron chi connectivity index (χ2n) is 7.25. The van der Waals surface area contributed by atoms with Gasteiger partial charge in [-0.2, -0.15) is 0 Å². The number of rotatable bonds is 2. The van der Waals surface area contributed by atoms with Gasteiger partial charge in [-0.05, 0) is 54.6 Å². The summed E-state index contributed by atoms with van der Waals surface area (Å²) in [5, 5.41) is 3.77. The van der Waals surface area contributed by atoms with Crippen LogP contribution in [0.15, 0.2) is 108 Å². The van der Waals surface area contributed by atoms with Gasteiger partial charge >= 0.3 is 0 Å². The normalized spacial score (nSPS) is 11.6. The van der Waals surface area contributed by atoms with Crippen LogP contribution in [-0.2, 0) is 0 Å². The van der Waals surface area contributed by atoms with Crippen LogP contribution in [0.25, 0.3) is 44.1 Å². The number of nitrogens with zero attached hydrogens (tertiary/aromatic N) is 2. The number of hydrogen-bond acceptors (Lipinski definition) is 0. The van der Waals surface area contributed by atoms with Gasteiger partial charge in [-0.15, -0.1) is 0 Å². The number of hydrogen-bond donors (Lipinski definition) is 0. The number of aromatic nitrogens is 2. The van der Waals surface area contributed by atoms with Crippen LogP contribution in [0.1, 0.15) is 0 Å². The molecule has 0 bridgehead atoms. The summed E-state index contributed by atoms with van der Waals surface area (Å²) in [4.78, 5) is 0. The van der Waals surface area contributed by atoms with Gasteiger partial charge in [0.2, 0.25) is 0 Å². The first kappa shape index (κ1) is 16.6. The Morgan fingerprint density at radius 2 is 1.31 bits per heavy atom. The molecule has 6 rings (SSSR count). The molecule has 3 heteroatoms. The quantitative estimate of drug-likeness (QED) is 0.266. The van der Waals surface area contributed by atoms with Gasteiger partial charge in [0.25, 0.3) is 0 Å². The van der Waals surface area contributed by atoms with E-state index >= 15 is 0 Å². The molecule has 0 atom stereocenters. The molecule has 0 saturated carbocycles. The highest BCUT2D eigenvalue weighted by molar-refractivity contribution is 9.10. The summed E-state index contributed by atoms with van der Waals surface area (Å²) in [6, 6.07) is 34.4. The zero-order valence-corrected chi connectivity index (χ0v) is 17.2. The molecule has 0 saturated heterocycles. The highest BCUT2D eigenvalue weighted by Gasteiger charge is 2.17. The van der Waals surface area contributed by atoms with Crippen molar-refractivity contribution in [3.63, 3.8) is 0 Å². The molecule has 2 nitrogen and oxygen atoms in total. The van der Waals surface area contributed by atoms with Crippen molar-refractivity contribution in [1.29, 1.82) is 0 Å². The van der Waals surface area contributed by atoms with Crippen molar-refractivity contribution in [3.8, 4) is 11.4 Å². The minimum Gasteiger partial charge on any atom is -0.316 e. The predicted octanol–water partition coefficient (Wildman–Crippen LogP) is 7.49. The fourth-order valence-electron chi connectivity index (χ4n) is 4.36. The maximum absolute atomic E-state index is 3.69. The molecule has 2 heterocycles. The SMILES string of the molecule is Brc1ccc2c(c1)c1c3c(ccc1n2-c1ccccc1)ccn3-c1ccccc1. The maximum Gasteiger partial charge on any atom is 0.0628 e. The van der Waals surface area contributed by atoms with Crippen molar-refractivity contribution >= 4 is 48.6 Å². The van der Waals surface area contributed by atoms with Crippen LogP contribution in [0.4, 0.5) is 0 Å². The molecule has 0 aliphatic heterocycles. The Kier molecular flexibility index (Phi) is 3.65. The molecule has 0 fully saturated rings. The van der Waals surface area contributed by atoms with Crippen molar-refractivity contribution in [2.45, 2.75) is 0 Å². The van der Waals surface area contributed by atoms with E-state index in [1.807, 2.05) is 0 Å². The highest BCUT2D eigenvalue weighted by atomic mass is 79.9. The monoisotopic (exact) mass is 436 g/mol. The smallest absolute Gasteiger partial charge is 0.0628 e. The molecule has 0 N–H and O–H groups in total. The summed E-state index contributed by atoms with van der Waals surface area (Å²) in [5.74, 6) is 0. The first-order valence-electron chi connectivity index (χ1n) is 9.66. The molecule has 2 aromatic heterocycles.